The van der Waals surface area contributed by atoms with Gasteiger partial charge in [0.1, 0.15) is 11.6 Å². The van der Waals surface area contributed by atoms with Gasteiger partial charge in [-0.2, -0.15) is 0 Å². The zero-order valence-corrected chi connectivity index (χ0v) is 14.1. The second-order valence-corrected chi connectivity index (χ2v) is 6.05. The molecule has 1 amide bonds. The van der Waals surface area contributed by atoms with E-state index in [4.69, 9.17) is 27.6 Å². The fraction of sp³-hybridized carbons (Fsp3) is 0.0556. The minimum atomic E-state index is -0.439. The van der Waals surface area contributed by atoms with Gasteiger partial charge < -0.3 is 9.73 Å². The van der Waals surface area contributed by atoms with E-state index in [9.17, 15) is 9.18 Å². The first-order chi connectivity index (χ1) is 11.4. The van der Waals surface area contributed by atoms with Crippen LogP contribution in [0, 0.1) is 12.7 Å². The highest BCUT2D eigenvalue weighted by molar-refractivity contribution is 6.35. The number of benzene rings is 2. The molecule has 2 aromatic carbocycles. The van der Waals surface area contributed by atoms with Crippen LogP contribution in [0.3, 0.4) is 0 Å². The molecule has 0 aliphatic carbocycles. The van der Waals surface area contributed by atoms with Crippen molar-refractivity contribution in [3.63, 3.8) is 0 Å². The number of rotatable bonds is 3. The highest BCUT2D eigenvalue weighted by atomic mass is 35.5. The number of aryl methyl sites for hydroxylation is 1. The summed E-state index contributed by atoms with van der Waals surface area (Å²) in [6.07, 6.45) is 0. The Labute approximate surface area is 148 Å². The summed E-state index contributed by atoms with van der Waals surface area (Å²) in [7, 11) is 0. The van der Waals surface area contributed by atoms with E-state index in [0.29, 0.717) is 32.6 Å². The number of anilines is 1. The molecule has 24 heavy (non-hydrogen) atoms. The molecule has 1 heterocycles. The number of furan rings is 1. The van der Waals surface area contributed by atoms with E-state index >= 15 is 0 Å². The third-order valence-electron chi connectivity index (χ3n) is 3.44. The molecule has 0 radical (unpaired) electrons. The molecule has 0 saturated carbocycles. The molecule has 0 aliphatic rings. The molecule has 0 spiro atoms. The van der Waals surface area contributed by atoms with Gasteiger partial charge in [0.05, 0.1) is 5.02 Å². The van der Waals surface area contributed by atoms with Gasteiger partial charge in [-0.3, -0.25) is 4.79 Å². The van der Waals surface area contributed by atoms with Gasteiger partial charge in [-0.25, -0.2) is 4.39 Å². The van der Waals surface area contributed by atoms with Crippen molar-refractivity contribution in [1.82, 2.24) is 0 Å². The van der Waals surface area contributed by atoms with E-state index in [0.717, 1.165) is 0 Å². The van der Waals surface area contributed by atoms with Crippen LogP contribution in [0.5, 0.6) is 0 Å². The lowest BCUT2D eigenvalue weighted by Gasteiger charge is -2.05. The van der Waals surface area contributed by atoms with Crippen molar-refractivity contribution in [2.24, 2.45) is 0 Å². The lowest BCUT2D eigenvalue weighted by Crippen LogP contribution is -2.11. The van der Waals surface area contributed by atoms with Crippen molar-refractivity contribution >= 4 is 34.8 Å². The van der Waals surface area contributed by atoms with Crippen molar-refractivity contribution in [3.05, 3.63) is 75.7 Å². The third-order valence-corrected chi connectivity index (χ3v) is 4.00. The molecule has 122 valence electrons. The first-order valence-corrected chi connectivity index (χ1v) is 7.82. The van der Waals surface area contributed by atoms with E-state index in [-0.39, 0.29) is 11.6 Å². The number of carbonyl (C=O) groups is 1. The van der Waals surface area contributed by atoms with Crippen molar-refractivity contribution in [3.8, 4) is 11.3 Å². The molecule has 0 atom stereocenters. The Balaban J connectivity index is 1.83. The van der Waals surface area contributed by atoms with Crippen molar-refractivity contribution in [2.45, 2.75) is 6.92 Å². The zero-order chi connectivity index (χ0) is 17.3. The molecule has 0 unspecified atom stereocenters. The molecule has 3 nitrogen and oxygen atoms in total. The van der Waals surface area contributed by atoms with Crippen LogP contribution >= 0.6 is 23.2 Å². The second kappa shape index (κ2) is 6.67. The first kappa shape index (κ1) is 16.6. The maximum absolute atomic E-state index is 13.3. The summed E-state index contributed by atoms with van der Waals surface area (Å²) in [6, 6.07) is 12.5. The van der Waals surface area contributed by atoms with E-state index in [2.05, 4.69) is 5.32 Å². The lowest BCUT2D eigenvalue weighted by atomic mass is 10.2. The van der Waals surface area contributed by atoms with Gasteiger partial charge in [0.15, 0.2) is 5.76 Å². The molecule has 1 N–H and O–H groups in total. The number of nitrogens with one attached hydrogen (secondary N) is 1. The number of hydrogen-bond acceptors (Lipinski definition) is 2. The lowest BCUT2D eigenvalue weighted by molar-refractivity contribution is 0.0997. The molecule has 6 heteroatoms. The van der Waals surface area contributed by atoms with Crippen LogP contribution in [-0.4, -0.2) is 5.91 Å². The van der Waals surface area contributed by atoms with Gasteiger partial charge in [-0.05, 0) is 61.0 Å². The van der Waals surface area contributed by atoms with Crippen LogP contribution in [0.15, 0.2) is 52.9 Å². The highest BCUT2D eigenvalue weighted by Gasteiger charge is 2.15. The van der Waals surface area contributed by atoms with Gasteiger partial charge in [-0.15, -0.1) is 0 Å². The fourth-order valence-corrected chi connectivity index (χ4v) is 2.59. The van der Waals surface area contributed by atoms with Gasteiger partial charge in [0.25, 0.3) is 5.91 Å². The van der Waals surface area contributed by atoms with Crippen molar-refractivity contribution in [1.29, 1.82) is 0 Å². The molecular formula is C18H12Cl2FNO2. The SMILES string of the molecule is Cc1cc(NC(=O)c2ccc(-c3cc(Cl)ccc3Cl)o2)ccc1F. The molecule has 0 saturated heterocycles. The van der Waals surface area contributed by atoms with E-state index in [1.54, 1.807) is 37.3 Å². The number of hydrogen-bond donors (Lipinski definition) is 1. The topological polar surface area (TPSA) is 42.2 Å². The predicted molar refractivity (Wildman–Crippen MR) is 93.3 cm³/mol. The maximum atomic E-state index is 13.3. The summed E-state index contributed by atoms with van der Waals surface area (Å²) in [4.78, 5) is 12.2. The normalized spacial score (nSPS) is 10.7. The second-order valence-electron chi connectivity index (χ2n) is 5.21. The minimum absolute atomic E-state index is 0.114. The Morgan fingerprint density at radius 3 is 2.62 bits per heavy atom. The van der Waals surface area contributed by atoms with Gasteiger partial charge >= 0.3 is 0 Å². The molecule has 0 fully saturated rings. The Morgan fingerprint density at radius 1 is 1.08 bits per heavy atom. The molecule has 1 aromatic heterocycles. The Bertz CT molecular complexity index is 921. The number of carbonyl (C=O) groups excluding carboxylic acids is 1. The van der Waals surface area contributed by atoms with Gasteiger partial charge in [0, 0.05) is 16.3 Å². The van der Waals surface area contributed by atoms with Crippen LogP contribution in [0.25, 0.3) is 11.3 Å². The van der Waals surface area contributed by atoms with Gasteiger partial charge in [0.2, 0.25) is 0 Å². The smallest absolute Gasteiger partial charge is 0.291 e. The fourth-order valence-electron chi connectivity index (χ4n) is 2.21. The quantitative estimate of drug-likeness (QED) is 0.624. The summed E-state index contributed by atoms with van der Waals surface area (Å²) >= 11 is 12.1. The Morgan fingerprint density at radius 2 is 1.88 bits per heavy atom. The summed E-state index contributed by atoms with van der Waals surface area (Å²) in [5, 5.41) is 3.64. The third kappa shape index (κ3) is 3.45. The summed E-state index contributed by atoms with van der Waals surface area (Å²) < 4.78 is 18.8. The van der Waals surface area contributed by atoms with E-state index < -0.39 is 5.91 Å². The summed E-state index contributed by atoms with van der Waals surface area (Å²) in [6.45, 7) is 1.62. The maximum Gasteiger partial charge on any atom is 0.291 e. The molecule has 3 rings (SSSR count). The Hall–Kier alpha value is -2.30. The van der Waals surface area contributed by atoms with Crippen LogP contribution in [0.4, 0.5) is 10.1 Å². The van der Waals surface area contributed by atoms with Crippen LogP contribution in [0.1, 0.15) is 16.1 Å². The van der Waals surface area contributed by atoms with Gasteiger partial charge in [-0.1, -0.05) is 23.2 Å². The minimum Gasteiger partial charge on any atom is -0.451 e. The van der Waals surface area contributed by atoms with Crippen LogP contribution in [0.2, 0.25) is 10.0 Å². The summed E-state index contributed by atoms with van der Waals surface area (Å²) in [5.41, 5.74) is 1.53. The van der Waals surface area contributed by atoms with Crippen LogP contribution < -0.4 is 5.32 Å². The van der Waals surface area contributed by atoms with E-state index in [1.807, 2.05) is 0 Å². The molecule has 0 aliphatic heterocycles. The average molecular weight is 364 g/mol. The standard InChI is InChI=1S/C18H12Cl2FNO2/c1-10-8-12(3-5-15(10)21)22-18(23)17-7-6-16(24-17)13-9-11(19)2-4-14(13)20/h2-9H,1H3,(H,22,23). The molecular weight excluding hydrogens is 352 g/mol. The number of halogens is 3. The first-order valence-electron chi connectivity index (χ1n) is 7.07. The molecule has 3 aromatic rings. The predicted octanol–water partition coefficient (Wildman–Crippen LogP) is 5.95. The van der Waals surface area contributed by atoms with Crippen LogP contribution in [-0.2, 0) is 0 Å². The largest absolute Gasteiger partial charge is 0.451 e. The monoisotopic (exact) mass is 363 g/mol. The zero-order valence-electron chi connectivity index (χ0n) is 12.6. The van der Waals surface area contributed by atoms with Crippen molar-refractivity contribution < 1.29 is 13.6 Å². The van der Waals surface area contributed by atoms with Crippen molar-refractivity contribution in [2.75, 3.05) is 5.32 Å². The average Bonchev–Trinajstić information content (AvgIpc) is 3.03. The number of amides is 1. The molecule has 0 bridgehead atoms. The highest BCUT2D eigenvalue weighted by Crippen LogP contribution is 2.32. The Kier molecular flexibility index (Phi) is 4.60. The van der Waals surface area contributed by atoms with E-state index in [1.165, 1.54) is 18.2 Å². The summed E-state index contributed by atoms with van der Waals surface area (Å²) in [5.74, 6) is -0.222.